The summed E-state index contributed by atoms with van der Waals surface area (Å²) in [6, 6.07) is 13.8. The second-order valence-electron chi connectivity index (χ2n) is 7.64. The third kappa shape index (κ3) is 4.93. The second kappa shape index (κ2) is 8.89. The average molecular weight is 474 g/mol. The zero-order chi connectivity index (χ0) is 24.5. The van der Waals surface area contributed by atoms with Crippen molar-refractivity contribution in [2.75, 3.05) is 0 Å². The molecule has 0 bridgehead atoms. The molecule has 174 valence electrons. The molecule has 0 amide bonds. The van der Waals surface area contributed by atoms with E-state index >= 15 is 0 Å². The molecule has 2 aromatic carbocycles. The highest BCUT2D eigenvalue weighted by atomic mass is 19.4. The Morgan fingerprint density at radius 1 is 0.794 bits per heavy atom. The number of rotatable bonds is 5. The summed E-state index contributed by atoms with van der Waals surface area (Å²) in [6.45, 7) is 0. The highest BCUT2D eigenvalue weighted by Gasteiger charge is 2.37. The van der Waals surface area contributed by atoms with Crippen molar-refractivity contribution in [3.8, 4) is 0 Å². The van der Waals surface area contributed by atoms with Crippen LogP contribution in [0.15, 0.2) is 79.1 Å². The fourth-order valence-corrected chi connectivity index (χ4v) is 3.76. The Kier molecular flexibility index (Phi) is 6.12. The predicted octanol–water partition coefficient (Wildman–Crippen LogP) is 7.07. The van der Waals surface area contributed by atoms with Crippen LogP contribution in [0.1, 0.15) is 45.1 Å². The first kappa shape index (κ1) is 23.4. The Hall–Kier alpha value is -3.75. The summed E-state index contributed by atoms with van der Waals surface area (Å²) in [4.78, 5) is 21.2. The first-order chi connectivity index (χ1) is 16.0. The lowest BCUT2D eigenvalue weighted by molar-refractivity contribution is -0.139. The Morgan fingerprint density at radius 2 is 1.47 bits per heavy atom. The van der Waals surface area contributed by atoms with Gasteiger partial charge in [0.15, 0.2) is 5.78 Å². The third-order valence-corrected chi connectivity index (χ3v) is 5.43. The number of fused-ring (bicyclic) bond motifs is 1. The van der Waals surface area contributed by atoms with Gasteiger partial charge in [0, 0.05) is 35.7 Å². The van der Waals surface area contributed by atoms with Crippen molar-refractivity contribution in [3.63, 3.8) is 0 Å². The summed E-state index contributed by atoms with van der Waals surface area (Å²) >= 11 is 0. The number of Topliss-reactive ketones (excluding diaryl/α,β-unsaturated/α-hetero) is 1. The maximum absolute atomic E-state index is 13.7. The molecule has 0 saturated heterocycles. The largest absolute Gasteiger partial charge is 0.418 e. The first-order valence-corrected chi connectivity index (χ1v) is 10.1. The van der Waals surface area contributed by atoms with Gasteiger partial charge in [0.25, 0.3) is 0 Å². The highest BCUT2D eigenvalue weighted by Crippen LogP contribution is 2.39. The van der Waals surface area contributed by atoms with Crippen molar-refractivity contribution in [2.24, 2.45) is 0 Å². The van der Waals surface area contributed by atoms with Gasteiger partial charge in [-0.25, -0.2) is 0 Å². The van der Waals surface area contributed by atoms with Gasteiger partial charge in [0.2, 0.25) is 0 Å². The maximum atomic E-state index is 13.7. The van der Waals surface area contributed by atoms with Gasteiger partial charge in [-0.2, -0.15) is 26.3 Å². The van der Waals surface area contributed by atoms with E-state index in [9.17, 15) is 31.1 Å². The molecule has 1 atom stereocenters. The number of carbonyl (C=O) groups excluding carboxylic acids is 1. The number of aromatic nitrogens is 2. The number of carbonyl (C=O) groups is 1. The van der Waals surface area contributed by atoms with E-state index in [1.54, 1.807) is 30.5 Å². The summed E-state index contributed by atoms with van der Waals surface area (Å²) in [6.07, 6.45) is -7.04. The highest BCUT2D eigenvalue weighted by molar-refractivity contribution is 6.00. The lowest BCUT2D eigenvalue weighted by Crippen LogP contribution is -2.17. The monoisotopic (exact) mass is 474 g/mol. The molecule has 2 aromatic heterocycles. The smallest absolute Gasteiger partial charge is 0.294 e. The van der Waals surface area contributed by atoms with Crippen LogP contribution in [-0.2, 0) is 12.4 Å². The van der Waals surface area contributed by atoms with Crippen LogP contribution in [0.4, 0.5) is 26.3 Å². The molecule has 0 aliphatic carbocycles. The van der Waals surface area contributed by atoms with E-state index in [1.807, 2.05) is 0 Å². The van der Waals surface area contributed by atoms with Crippen molar-refractivity contribution in [1.82, 2.24) is 9.97 Å². The SMILES string of the molecule is O=C(C[C@@H](c1ccc(C(F)(F)F)cc1)c1ncccc1C(F)(F)F)c1ccc2ncccc2c1. The molecule has 4 rings (SSSR count). The number of alkyl halides is 6. The molecule has 0 N–H and O–H groups in total. The number of halogens is 6. The first-order valence-electron chi connectivity index (χ1n) is 10.1. The minimum atomic E-state index is -4.76. The number of nitrogens with zero attached hydrogens (tertiary/aromatic N) is 2. The van der Waals surface area contributed by atoms with E-state index in [1.165, 1.54) is 6.07 Å². The summed E-state index contributed by atoms with van der Waals surface area (Å²) in [5, 5.41) is 0.674. The van der Waals surface area contributed by atoms with Gasteiger partial charge in [-0.3, -0.25) is 14.8 Å². The molecule has 0 aliphatic rings. The molecule has 0 radical (unpaired) electrons. The number of pyridine rings is 2. The molecule has 4 aromatic rings. The van der Waals surface area contributed by atoms with Crippen LogP contribution in [0.2, 0.25) is 0 Å². The standard InChI is InChI=1S/C25H16F6N2O/c26-24(27,28)18-8-5-15(6-9-18)19(23-20(25(29,30)31)4-2-12-33-23)14-22(34)17-7-10-21-16(13-17)3-1-11-32-21/h1-13,19H,14H2/t19-/m0/s1. The molecule has 0 fully saturated rings. The van der Waals surface area contributed by atoms with E-state index < -0.39 is 47.3 Å². The minimum absolute atomic E-state index is 0.119. The maximum Gasteiger partial charge on any atom is 0.418 e. The van der Waals surface area contributed by atoms with Gasteiger partial charge in [-0.1, -0.05) is 18.2 Å². The van der Waals surface area contributed by atoms with Gasteiger partial charge in [0.05, 0.1) is 22.3 Å². The lowest BCUT2D eigenvalue weighted by atomic mass is 9.86. The molecule has 0 unspecified atom stereocenters. The van der Waals surface area contributed by atoms with Crippen LogP contribution in [0, 0.1) is 0 Å². The third-order valence-electron chi connectivity index (χ3n) is 5.43. The number of benzene rings is 2. The van der Waals surface area contributed by atoms with Crippen LogP contribution in [0.3, 0.4) is 0 Å². The van der Waals surface area contributed by atoms with Gasteiger partial charge in [-0.05, 0) is 54.1 Å². The van der Waals surface area contributed by atoms with E-state index in [0.717, 1.165) is 42.6 Å². The second-order valence-corrected chi connectivity index (χ2v) is 7.64. The Balaban J connectivity index is 1.77. The van der Waals surface area contributed by atoms with E-state index in [-0.39, 0.29) is 11.1 Å². The van der Waals surface area contributed by atoms with Gasteiger partial charge in [-0.15, -0.1) is 0 Å². The van der Waals surface area contributed by atoms with Gasteiger partial charge >= 0.3 is 12.4 Å². The van der Waals surface area contributed by atoms with Crippen LogP contribution >= 0.6 is 0 Å². The molecule has 34 heavy (non-hydrogen) atoms. The summed E-state index contributed by atoms with van der Waals surface area (Å²) in [5.74, 6) is -1.69. The average Bonchev–Trinajstić information content (AvgIpc) is 2.81. The summed E-state index contributed by atoms with van der Waals surface area (Å²) in [7, 11) is 0. The molecule has 0 saturated carbocycles. The van der Waals surface area contributed by atoms with E-state index in [4.69, 9.17) is 0 Å². The fraction of sp³-hybridized carbons (Fsp3) is 0.160. The van der Waals surface area contributed by atoms with Crippen molar-refractivity contribution in [3.05, 3.63) is 107 Å². The van der Waals surface area contributed by atoms with Crippen LogP contribution in [0.5, 0.6) is 0 Å². The topological polar surface area (TPSA) is 42.9 Å². The summed E-state index contributed by atoms with van der Waals surface area (Å²) in [5.41, 5.74) is -1.40. The lowest BCUT2D eigenvalue weighted by Gasteiger charge is -2.21. The molecule has 2 heterocycles. The zero-order valence-electron chi connectivity index (χ0n) is 17.4. The molecular weight excluding hydrogens is 458 g/mol. The Bertz CT molecular complexity index is 1330. The van der Waals surface area contributed by atoms with Crippen molar-refractivity contribution in [2.45, 2.75) is 24.7 Å². The van der Waals surface area contributed by atoms with E-state index in [2.05, 4.69) is 9.97 Å². The molecule has 0 aliphatic heterocycles. The normalized spacial score (nSPS) is 13.1. The van der Waals surface area contributed by atoms with Crippen molar-refractivity contribution >= 4 is 16.7 Å². The van der Waals surface area contributed by atoms with E-state index in [0.29, 0.717) is 10.9 Å². The zero-order valence-corrected chi connectivity index (χ0v) is 17.4. The Labute approximate surface area is 190 Å². The molecule has 9 heteroatoms. The predicted molar refractivity (Wildman–Crippen MR) is 113 cm³/mol. The molecular formula is C25H16F6N2O. The van der Waals surface area contributed by atoms with Crippen LogP contribution < -0.4 is 0 Å². The van der Waals surface area contributed by atoms with Crippen LogP contribution in [-0.4, -0.2) is 15.8 Å². The number of hydrogen-bond donors (Lipinski definition) is 0. The quantitative estimate of drug-likeness (QED) is 0.230. The van der Waals surface area contributed by atoms with Crippen molar-refractivity contribution < 1.29 is 31.1 Å². The Morgan fingerprint density at radius 3 is 2.15 bits per heavy atom. The number of hydrogen-bond acceptors (Lipinski definition) is 3. The van der Waals surface area contributed by atoms with Gasteiger partial charge < -0.3 is 0 Å². The minimum Gasteiger partial charge on any atom is -0.294 e. The molecule has 0 spiro atoms. The fourth-order valence-electron chi connectivity index (χ4n) is 3.76. The van der Waals surface area contributed by atoms with Crippen LogP contribution in [0.25, 0.3) is 10.9 Å². The van der Waals surface area contributed by atoms with Gasteiger partial charge in [0.1, 0.15) is 0 Å². The van der Waals surface area contributed by atoms with Crippen molar-refractivity contribution in [1.29, 1.82) is 0 Å². The molecule has 3 nitrogen and oxygen atoms in total. The summed E-state index contributed by atoms with van der Waals surface area (Å²) < 4.78 is 80.1. The number of ketones is 1.